The van der Waals surface area contributed by atoms with E-state index in [-0.39, 0.29) is 37.0 Å². The van der Waals surface area contributed by atoms with Crippen molar-refractivity contribution in [1.82, 2.24) is 77.3 Å². The van der Waals surface area contributed by atoms with Gasteiger partial charge in [0.15, 0.2) is 17.5 Å². The quantitative estimate of drug-likeness (QED) is 0.0321. The van der Waals surface area contributed by atoms with Crippen molar-refractivity contribution in [2.24, 2.45) is 11.7 Å². The highest BCUT2D eigenvalue weighted by Crippen LogP contribution is 2.29. The molecule has 3 fully saturated rings. The molecule has 732 valence electrons. The number of thioether (sulfide) groups is 1. The van der Waals surface area contributed by atoms with Gasteiger partial charge in [0.25, 0.3) is 0 Å². The van der Waals surface area contributed by atoms with Crippen LogP contribution >= 0.6 is 11.8 Å². The van der Waals surface area contributed by atoms with Gasteiger partial charge in [-0.2, -0.15) is 0 Å². The second kappa shape index (κ2) is 49.3. The number of hydrogen-bond donors (Lipinski definition) is 17. The Labute approximate surface area is 783 Å². The summed E-state index contributed by atoms with van der Waals surface area (Å²) in [6.07, 6.45) is -9.16. The molecule has 4 heterocycles. The molecule has 9 rings (SSSR count). The molecule has 44 heteroatoms. The Morgan fingerprint density at radius 2 is 0.978 bits per heavy atom. The third-order valence-electron chi connectivity index (χ3n) is 23.7. The highest BCUT2D eigenvalue weighted by Gasteiger charge is 2.48. The lowest BCUT2D eigenvalue weighted by atomic mass is 9.98. The second-order valence-electron chi connectivity index (χ2n) is 34.1. The number of carboxylic acids is 3. The molecule has 0 radical (unpaired) electrons. The molecule has 0 unspecified atom stereocenters. The van der Waals surface area contributed by atoms with Crippen molar-refractivity contribution in [3.05, 3.63) is 173 Å². The minimum Gasteiger partial charge on any atom is -0.508 e. The number of phenols is 1. The Morgan fingerprint density at radius 3 is 1.54 bits per heavy atom. The zero-order valence-electron chi connectivity index (χ0n) is 75.4. The number of carbonyl (C=O) groups excluding carboxylic acids is 15. The van der Waals surface area contributed by atoms with Gasteiger partial charge in [0.05, 0.1) is 30.9 Å². The van der Waals surface area contributed by atoms with Crippen LogP contribution in [0.2, 0.25) is 0 Å². The number of para-hydroxylation sites is 1. The number of nitrogens with one attached hydrogen (secondary N) is 10. The molecule has 15 atom stereocenters. The standard InChI is InChI=1S/C92H113F3N16O24S/c1-7-8-23-68-91(134)111-45-56(114)40-71(111)87(130)104-65(41-77(121)122)84(127)106-79(48(2)3)92(135)108(5)69(36-49-17-11-9-12-18-49)85(128)101-62(29-31-76(119)120)89(132)110-44-55(113)39-70(110)86(129)103-64(38-53-42-97-60-22-16-15-21-57(53)60)83(126)102-63(34-51-24-26-54(112)27-25-51)82(125)100-61(28-30-75(117)118)81(124)105-67(80(123)98-43-73(96)115)46-136-47-74(116)99-66(35-52-32-58(93)78(95)59(94)33-52)88(131)109(6)72(90(133)107(68)4)37-50-19-13-10-14-20-50/h9-22,24-27,32-33,42,48,55-56,61-72,79,97,112-114H,7-8,23,28-31,34-41,43-47H2,1-6H3,(H2,96,115)(H,98,123)(H,99,116)(H,100,125)(H,101,128)(H,102,126)(H,103,129)(H,104,130)(H,105,124)(H,106,127)(H,117,118)(H,119,120)(H,121,122)/t55-,56-,61-,62+,63+,64+,65+,66-,67+,68+,69-,70-,71-,72+,79+/m1/s1. The van der Waals surface area contributed by atoms with E-state index in [2.05, 4.69) is 52.8 Å². The second-order valence-corrected chi connectivity index (χ2v) is 35.1. The number of carboxylic acid groups (broad SMARTS) is 3. The van der Waals surface area contributed by atoms with E-state index in [0.717, 1.165) is 38.6 Å². The Morgan fingerprint density at radius 1 is 0.493 bits per heavy atom. The summed E-state index contributed by atoms with van der Waals surface area (Å²) >= 11 is 0.550. The smallest absolute Gasteiger partial charge is 0.305 e. The Bertz CT molecular complexity index is 5350. The lowest BCUT2D eigenvalue weighted by Gasteiger charge is -2.38. The van der Waals surface area contributed by atoms with Gasteiger partial charge in [-0.1, -0.05) is 125 Å². The molecule has 15 amide bonds. The zero-order valence-corrected chi connectivity index (χ0v) is 76.2. The molecule has 136 heavy (non-hydrogen) atoms. The number of primary amides is 1. The highest BCUT2D eigenvalue weighted by atomic mass is 32.2. The molecule has 18 N–H and O–H groups in total. The van der Waals surface area contributed by atoms with Gasteiger partial charge in [-0.3, -0.25) is 86.3 Å². The molecule has 3 aliphatic rings. The SMILES string of the molecule is CCCC[C@H]1C(=O)N2C[C@H](O)C[C@@H]2C(=O)N[C@@H](CC(=O)O)C(=O)N[C@@H](C(C)C)C(=O)N(C)[C@H](Cc2ccccc2)C(=O)N[C@@H](CCC(=O)O)C(=O)N2C[C@H](O)C[C@@H]2C(=O)N[C@@H](Cc2c[nH]c3ccccc23)C(=O)N[C@@H](Cc2ccc(O)cc2)C(=O)N[C@H](CCC(=O)O)C(=O)N[C@H](C(=O)NCC(N)=O)CSCC(=O)N[C@H](Cc2cc(F)c(F)c(F)c2)C(=O)N(C)[C@@H](Cc2ccccc2)C(=O)N1C. The number of hydrogen-bond acceptors (Lipinski definition) is 22. The summed E-state index contributed by atoms with van der Waals surface area (Å²) in [4.78, 5) is 270. The zero-order chi connectivity index (χ0) is 99.6. The molecule has 0 spiro atoms. The number of aliphatic hydroxyl groups is 2. The van der Waals surface area contributed by atoms with Gasteiger partial charge in [-0.15, -0.1) is 11.8 Å². The molecule has 0 bridgehead atoms. The number of unbranched alkanes of at least 4 members (excludes halogenated alkanes) is 1. The predicted octanol–water partition coefficient (Wildman–Crippen LogP) is -0.514. The van der Waals surface area contributed by atoms with Crippen LogP contribution in [0.5, 0.6) is 5.75 Å². The maximum Gasteiger partial charge on any atom is 0.305 e. The first-order valence-corrected chi connectivity index (χ1v) is 45.2. The molecule has 0 saturated carbocycles. The first-order chi connectivity index (χ1) is 64.5. The van der Waals surface area contributed by atoms with Crippen LogP contribution in [0, 0.1) is 23.4 Å². The fourth-order valence-electron chi connectivity index (χ4n) is 16.3. The summed E-state index contributed by atoms with van der Waals surface area (Å²) in [6.45, 7) is 2.54. The number of H-pyrrole nitrogens is 1. The maximum absolute atomic E-state index is 15.7. The number of aromatic nitrogens is 1. The van der Waals surface area contributed by atoms with Gasteiger partial charge in [0.1, 0.15) is 84.3 Å². The average molecular weight is 1920 g/mol. The Balaban J connectivity index is 1.15. The summed E-state index contributed by atoms with van der Waals surface area (Å²) in [5, 5.41) is 86.5. The average Bonchev–Trinajstić information content (AvgIpc) is 1.78. The number of aromatic hydroxyl groups is 1. The fraction of sp³-hybridized carbons (Fsp3) is 0.457. The van der Waals surface area contributed by atoms with Crippen LogP contribution in [0.25, 0.3) is 10.9 Å². The van der Waals surface area contributed by atoms with E-state index in [1.165, 1.54) is 51.4 Å². The summed E-state index contributed by atoms with van der Waals surface area (Å²) in [7, 11) is 3.47. The molecule has 3 aliphatic heterocycles. The molecule has 0 aliphatic carbocycles. The molecule has 1 aromatic heterocycles. The molecule has 3 saturated heterocycles. The number of likely N-dealkylation sites (N-methyl/N-ethyl adjacent to an activating group) is 3. The van der Waals surface area contributed by atoms with Crippen LogP contribution < -0.4 is 53.6 Å². The molecular formula is C92H113F3N16O24S. The minimum atomic E-state index is -2.09. The van der Waals surface area contributed by atoms with Crippen molar-refractivity contribution in [2.75, 3.05) is 52.3 Å². The number of nitrogens with zero attached hydrogens (tertiary/aromatic N) is 5. The number of aliphatic hydroxyl groups excluding tert-OH is 2. The summed E-state index contributed by atoms with van der Waals surface area (Å²) < 4.78 is 45.1. The van der Waals surface area contributed by atoms with Crippen molar-refractivity contribution < 1.29 is 130 Å². The normalized spacial score (nSPS) is 24.3. The van der Waals surface area contributed by atoms with Crippen molar-refractivity contribution in [3.63, 3.8) is 0 Å². The number of nitrogens with two attached hydrogens (primary N) is 1. The monoisotopic (exact) mass is 1910 g/mol. The minimum absolute atomic E-state index is 0.171. The van der Waals surface area contributed by atoms with Crippen LogP contribution in [-0.4, -0.2) is 310 Å². The van der Waals surface area contributed by atoms with E-state index in [1.54, 1.807) is 91.9 Å². The first kappa shape index (κ1) is 106. The van der Waals surface area contributed by atoms with Gasteiger partial charge in [-0.05, 0) is 83.3 Å². The lowest BCUT2D eigenvalue weighted by Crippen LogP contribution is -2.62. The maximum atomic E-state index is 15.7. The third-order valence-corrected chi connectivity index (χ3v) is 24.7. The number of phenolic OH excluding ortho intramolecular Hbond substituents is 1. The number of carbonyl (C=O) groups is 18. The van der Waals surface area contributed by atoms with E-state index in [0.29, 0.717) is 57.9 Å². The number of aromatic amines is 1. The van der Waals surface area contributed by atoms with Gasteiger partial charge < -0.3 is 114 Å². The molecule has 40 nitrogen and oxygen atoms in total. The van der Waals surface area contributed by atoms with E-state index in [9.17, 15) is 78.2 Å². The van der Waals surface area contributed by atoms with E-state index < -0.39 is 322 Å². The van der Waals surface area contributed by atoms with Crippen LogP contribution in [0.15, 0.2) is 128 Å². The van der Waals surface area contributed by atoms with Gasteiger partial charge in [0, 0.05) is 115 Å². The van der Waals surface area contributed by atoms with Crippen molar-refractivity contribution >= 4 is 129 Å². The predicted molar refractivity (Wildman–Crippen MR) is 481 cm³/mol. The topological polar surface area (TPSA) is 595 Å². The first-order valence-electron chi connectivity index (χ1n) is 44.0. The number of amides is 15. The number of halogens is 3. The van der Waals surface area contributed by atoms with Crippen molar-refractivity contribution in [2.45, 2.75) is 208 Å². The summed E-state index contributed by atoms with van der Waals surface area (Å²) in [5.41, 5.74) is 6.85. The van der Waals surface area contributed by atoms with Crippen LogP contribution in [-0.2, 0) is 118 Å². The molecular weight excluding hydrogens is 1800 g/mol. The van der Waals surface area contributed by atoms with Crippen LogP contribution in [0.4, 0.5) is 13.2 Å². The molecule has 5 aromatic carbocycles. The fourth-order valence-corrected chi connectivity index (χ4v) is 17.2. The van der Waals surface area contributed by atoms with E-state index in [1.807, 2.05) is 0 Å². The summed E-state index contributed by atoms with van der Waals surface area (Å²) in [6, 6.07) is 5.12. The van der Waals surface area contributed by atoms with Gasteiger partial charge in [-0.25, -0.2) is 13.2 Å². The van der Waals surface area contributed by atoms with Crippen molar-refractivity contribution in [1.29, 1.82) is 0 Å². The third kappa shape index (κ3) is 29.2. The Hall–Kier alpha value is -14.0. The Kier molecular flexibility index (Phi) is 38.3. The number of rotatable bonds is 25. The largest absolute Gasteiger partial charge is 0.508 e. The van der Waals surface area contributed by atoms with Gasteiger partial charge in [0.2, 0.25) is 88.6 Å². The van der Waals surface area contributed by atoms with Crippen LogP contribution in [0.3, 0.4) is 0 Å². The number of fused-ring (bicyclic) bond motifs is 3. The van der Waals surface area contributed by atoms with Crippen LogP contribution in [0.1, 0.15) is 113 Å². The van der Waals surface area contributed by atoms with E-state index >= 15 is 51.9 Å². The molecule has 6 aromatic rings. The van der Waals surface area contributed by atoms with Gasteiger partial charge >= 0.3 is 17.9 Å². The number of benzene rings is 5. The number of aliphatic carboxylic acids is 3. The summed E-state index contributed by atoms with van der Waals surface area (Å²) in [5.74, 6) is -30.0. The van der Waals surface area contributed by atoms with E-state index in [4.69, 9.17) is 5.73 Å². The lowest BCUT2D eigenvalue weighted by molar-refractivity contribution is -0.152. The van der Waals surface area contributed by atoms with Crippen molar-refractivity contribution in [3.8, 4) is 5.75 Å². The highest BCUT2D eigenvalue weighted by molar-refractivity contribution is 8.00.